The van der Waals surface area contributed by atoms with Crippen LogP contribution in [0.3, 0.4) is 0 Å². The number of carbonyl (C=O) groups is 1. The van der Waals surface area contributed by atoms with E-state index in [1.165, 1.54) is 10.5 Å². The number of carboxylic acids is 1. The van der Waals surface area contributed by atoms with Gasteiger partial charge in [-0.3, -0.25) is 0 Å². The van der Waals surface area contributed by atoms with Crippen LogP contribution in [0, 0.1) is 0 Å². The maximum absolute atomic E-state index is 11.4. The Kier molecular flexibility index (Phi) is 4.88. The first kappa shape index (κ1) is 14.4. The fourth-order valence-corrected chi connectivity index (χ4v) is 3.57. The molecule has 1 aromatic carbocycles. The predicted octanol–water partition coefficient (Wildman–Crippen LogP) is 3.56. The van der Waals surface area contributed by atoms with Crippen LogP contribution in [0.15, 0.2) is 17.0 Å². The van der Waals surface area contributed by atoms with Gasteiger partial charge in [0.1, 0.15) is 0 Å². The number of hydrogen-bond acceptors (Lipinski definition) is 3. The van der Waals surface area contributed by atoms with E-state index in [1.807, 2.05) is 6.07 Å². The second-order valence-electron chi connectivity index (χ2n) is 4.79. The number of carboxylic acid groups (broad SMARTS) is 1. The lowest BCUT2D eigenvalue weighted by atomic mass is 9.99. The van der Waals surface area contributed by atoms with E-state index in [4.69, 9.17) is 4.74 Å². The third-order valence-corrected chi connectivity index (χ3v) is 4.55. The van der Waals surface area contributed by atoms with Gasteiger partial charge in [0, 0.05) is 17.8 Å². The normalized spacial score (nSPS) is 14.6. The average molecular weight is 280 g/mol. The highest BCUT2D eigenvalue weighted by atomic mass is 32.2. The van der Waals surface area contributed by atoms with E-state index < -0.39 is 5.97 Å². The van der Waals surface area contributed by atoms with Crippen LogP contribution >= 0.6 is 11.8 Å². The molecule has 0 atom stereocenters. The van der Waals surface area contributed by atoms with Crippen molar-refractivity contribution in [3.05, 3.63) is 28.8 Å². The summed E-state index contributed by atoms with van der Waals surface area (Å²) in [6.07, 6.45) is 3.17. The molecule has 19 heavy (non-hydrogen) atoms. The molecular weight excluding hydrogens is 260 g/mol. The van der Waals surface area contributed by atoms with Crippen molar-refractivity contribution in [1.29, 1.82) is 0 Å². The first-order valence-corrected chi connectivity index (χ1v) is 7.68. The standard InChI is InChI=1S/C15H20O3S/c1-3-10-6-7-12(15(16)17)13(11-4-5-11)14(10)19-9-8-18-2/h6-7,11H,3-5,8-9H2,1-2H3,(H,16,17). The molecule has 0 unspecified atom stereocenters. The molecule has 104 valence electrons. The summed E-state index contributed by atoms with van der Waals surface area (Å²) in [4.78, 5) is 12.6. The maximum atomic E-state index is 11.4. The largest absolute Gasteiger partial charge is 0.478 e. The quantitative estimate of drug-likeness (QED) is 0.613. The molecule has 1 N–H and O–H groups in total. The number of methoxy groups -OCH3 is 1. The fraction of sp³-hybridized carbons (Fsp3) is 0.533. The minimum Gasteiger partial charge on any atom is -0.478 e. The Bertz CT molecular complexity index is 467. The zero-order valence-electron chi connectivity index (χ0n) is 11.4. The first-order valence-electron chi connectivity index (χ1n) is 6.69. The summed E-state index contributed by atoms with van der Waals surface area (Å²) in [5, 5.41) is 9.37. The van der Waals surface area contributed by atoms with E-state index in [2.05, 4.69) is 6.92 Å². The van der Waals surface area contributed by atoms with Crippen molar-refractivity contribution in [2.75, 3.05) is 19.5 Å². The van der Waals surface area contributed by atoms with Gasteiger partial charge in [-0.1, -0.05) is 13.0 Å². The van der Waals surface area contributed by atoms with Crippen molar-refractivity contribution >= 4 is 17.7 Å². The van der Waals surface area contributed by atoms with Crippen LogP contribution in [0.1, 0.15) is 47.2 Å². The summed E-state index contributed by atoms with van der Waals surface area (Å²) < 4.78 is 5.09. The zero-order chi connectivity index (χ0) is 13.8. The van der Waals surface area contributed by atoms with Gasteiger partial charge in [-0.05, 0) is 42.4 Å². The molecule has 1 fully saturated rings. The van der Waals surface area contributed by atoms with Crippen molar-refractivity contribution < 1.29 is 14.6 Å². The molecule has 0 aromatic heterocycles. The number of aromatic carboxylic acids is 1. The molecule has 1 aromatic rings. The Balaban J connectivity index is 2.39. The summed E-state index contributed by atoms with van der Waals surface area (Å²) in [7, 11) is 1.69. The Hall–Kier alpha value is -1.00. The number of ether oxygens (including phenoxy) is 1. The molecule has 3 nitrogen and oxygen atoms in total. The van der Waals surface area contributed by atoms with Crippen LogP contribution in [0.25, 0.3) is 0 Å². The summed E-state index contributed by atoms with van der Waals surface area (Å²) in [5.41, 5.74) is 2.81. The van der Waals surface area contributed by atoms with Crippen molar-refractivity contribution in [1.82, 2.24) is 0 Å². The summed E-state index contributed by atoms with van der Waals surface area (Å²) >= 11 is 1.73. The third kappa shape index (κ3) is 3.31. The van der Waals surface area contributed by atoms with Crippen molar-refractivity contribution in [2.45, 2.75) is 37.0 Å². The molecule has 4 heteroatoms. The van der Waals surface area contributed by atoms with Gasteiger partial charge >= 0.3 is 5.97 Å². The summed E-state index contributed by atoms with van der Waals surface area (Å²) in [6.45, 7) is 2.81. The van der Waals surface area contributed by atoms with Crippen LogP contribution in [0.5, 0.6) is 0 Å². The van der Waals surface area contributed by atoms with Crippen LogP contribution in [-0.4, -0.2) is 30.5 Å². The van der Waals surface area contributed by atoms with Gasteiger partial charge in [-0.25, -0.2) is 4.79 Å². The highest BCUT2D eigenvalue weighted by Gasteiger charge is 2.31. The van der Waals surface area contributed by atoms with Crippen molar-refractivity contribution in [2.24, 2.45) is 0 Å². The number of thioether (sulfide) groups is 1. The average Bonchev–Trinajstić information content (AvgIpc) is 3.22. The lowest BCUT2D eigenvalue weighted by Gasteiger charge is -2.16. The minimum atomic E-state index is -0.807. The summed E-state index contributed by atoms with van der Waals surface area (Å²) in [6, 6.07) is 3.74. The Morgan fingerprint density at radius 2 is 2.21 bits per heavy atom. The summed E-state index contributed by atoms with van der Waals surface area (Å²) in [5.74, 6) is 0.507. The lowest BCUT2D eigenvalue weighted by molar-refractivity contribution is 0.0695. The van der Waals surface area contributed by atoms with E-state index >= 15 is 0 Å². The van der Waals surface area contributed by atoms with Gasteiger partial charge in [0.05, 0.1) is 12.2 Å². The molecular formula is C15H20O3S. The SMILES string of the molecule is CCc1ccc(C(=O)O)c(C2CC2)c1SCCOC. The Morgan fingerprint density at radius 1 is 1.47 bits per heavy atom. The number of aryl methyl sites for hydroxylation is 1. The molecule has 0 aliphatic heterocycles. The second kappa shape index (κ2) is 6.44. The van der Waals surface area contributed by atoms with Crippen LogP contribution in [0.4, 0.5) is 0 Å². The highest BCUT2D eigenvalue weighted by molar-refractivity contribution is 7.99. The highest BCUT2D eigenvalue weighted by Crippen LogP contribution is 2.47. The van der Waals surface area contributed by atoms with Gasteiger partial charge in [-0.2, -0.15) is 0 Å². The van der Waals surface area contributed by atoms with Crippen LogP contribution in [0.2, 0.25) is 0 Å². The van der Waals surface area contributed by atoms with Crippen molar-refractivity contribution in [3.8, 4) is 0 Å². The third-order valence-electron chi connectivity index (χ3n) is 3.41. The number of hydrogen-bond donors (Lipinski definition) is 1. The monoisotopic (exact) mass is 280 g/mol. The molecule has 0 spiro atoms. The molecule has 1 aliphatic rings. The van der Waals surface area contributed by atoms with E-state index in [-0.39, 0.29) is 0 Å². The van der Waals surface area contributed by atoms with Crippen LogP contribution < -0.4 is 0 Å². The van der Waals surface area contributed by atoms with E-state index in [0.29, 0.717) is 18.1 Å². The van der Waals surface area contributed by atoms with E-state index in [1.54, 1.807) is 24.9 Å². The van der Waals surface area contributed by atoms with Crippen LogP contribution in [-0.2, 0) is 11.2 Å². The number of rotatable bonds is 7. The molecule has 0 amide bonds. The molecule has 0 bridgehead atoms. The van der Waals surface area contributed by atoms with Gasteiger partial charge in [0.15, 0.2) is 0 Å². The molecule has 0 radical (unpaired) electrons. The maximum Gasteiger partial charge on any atom is 0.336 e. The smallest absolute Gasteiger partial charge is 0.336 e. The van der Waals surface area contributed by atoms with E-state index in [9.17, 15) is 9.90 Å². The van der Waals surface area contributed by atoms with Gasteiger partial charge < -0.3 is 9.84 Å². The molecule has 1 saturated carbocycles. The molecule has 0 heterocycles. The predicted molar refractivity (Wildman–Crippen MR) is 77.4 cm³/mol. The zero-order valence-corrected chi connectivity index (χ0v) is 12.3. The lowest BCUT2D eigenvalue weighted by Crippen LogP contribution is -2.06. The van der Waals surface area contributed by atoms with Gasteiger partial charge in [0.25, 0.3) is 0 Å². The molecule has 0 saturated heterocycles. The van der Waals surface area contributed by atoms with Gasteiger partial charge in [0.2, 0.25) is 0 Å². The topological polar surface area (TPSA) is 46.5 Å². The molecule has 1 aliphatic carbocycles. The first-order chi connectivity index (χ1) is 9.19. The molecule has 2 rings (SSSR count). The fourth-order valence-electron chi connectivity index (χ4n) is 2.28. The Labute approximate surface area is 118 Å². The Morgan fingerprint density at radius 3 is 2.74 bits per heavy atom. The second-order valence-corrected chi connectivity index (χ2v) is 5.89. The minimum absolute atomic E-state index is 0.447. The van der Waals surface area contributed by atoms with Gasteiger partial charge in [-0.15, -0.1) is 11.8 Å². The van der Waals surface area contributed by atoms with Crippen molar-refractivity contribution in [3.63, 3.8) is 0 Å². The van der Waals surface area contributed by atoms with E-state index in [0.717, 1.165) is 30.6 Å². The number of benzene rings is 1.